The molecule has 3 aromatic heterocycles. The average Bonchev–Trinajstić information content (AvgIpc) is 3.43. The summed E-state index contributed by atoms with van der Waals surface area (Å²) in [4.78, 5) is 13.3. The Labute approximate surface area is 196 Å². The number of fused-ring (bicyclic) bond motifs is 1. The third-order valence-corrected chi connectivity index (χ3v) is 6.60. The fraction of sp³-hybridized carbons (Fsp3) is 0.318. The van der Waals surface area contributed by atoms with Crippen LogP contribution >= 0.6 is 11.3 Å². The molecular weight excluding hydrogens is 471 g/mol. The van der Waals surface area contributed by atoms with E-state index in [9.17, 15) is 18.0 Å². The number of methoxy groups -OCH3 is 2. The first-order valence-electron chi connectivity index (χ1n) is 10.1. The summed E-state index contributed by atoms with van der Waals surface area (Å²) in [5.41, 5.74) is 1.72. The summed E-state index contributed by atoms with van der Waals surface area (Å²) in [6.45, 7) is 3.99. The van der Waals surface area contributed by atoms with Gasteiger partial charge in [0.15, 0.2) is 17.2 Å². The van der Waals surface area contributed by atoms with Gasteiger partial charge in [0.25, 0.3) is 5.91 Å². The van der Waals surface area contributed by atoms with E-state index in [-0.39, 0.29) is 15.1 Å². The SMILES string of the molecule is COc1ccc(Cn2nc(C)c(NC(=O)c3cc4c(C(F)(F)F)nn(C)c4s3)c2C)cc1OC. The van der Waals surface area contributed by atoms with Crippen LogP contribution in [0.15, 0.2) is 24.3 Å². The molecule has 8 nitrogen and oxygen atoms in total. The molecule has 1 amide bonds. The summed E-state index contributed by atoms with van der Waals surface area (Å²) in [6.07, 6.45) is -4.60. The second kappa shape index (κ2) is 8.67. The molecule has 0 saturated carbocycles. The fourth-order valence-electron chi connectivity index (χ4n) is 3.72. The van der Waals surface area contributed by atoms with Gasteiger partial charge in [0, 0.05) is 12.4 Å². The Morgan fingerprint density at radius 2 is 1.82 bits per heavy atom. The number of hydrogen-bond donors (Lipinski definition) is 1. The van der Waals surface area contributed by atoms with E-state index in [2.05, 4.69) is 15.5 Å². The van der Waals surface area contributed by atoms with E-state index in [0.29, 0.717) is 35.1 Å². The number of nitrogens with one attached hydrogen (secondary N) is 1. The van der Waals surface area contributed by atoms with Gasteiger partial charge < -0.3 is 14.8 Å². The monoisotopic (exact) mass is 493 g/mol. The van der Waals surface area contributed by atoms with E-state index in [0.717, 1.165) is 21.6 Å². The zero-order valence-electron chi connectivity index (χ0n) is 19.1. The van der Waals surface area contributed by atoms with Gasteiger partial charge in [-0.3, -0.25) is 14.2 Å². The third kappa shape index (κ3) is 4.20. The van der Waals surface area contributed by atoms with Crippen LogP contribution in [0.2, 0.25) is 0 Å². The molecule has 3 heterocycles. The van der Waals surface area contributed by atoms with E-state index >= 15 is 0 Å². The molecular formula is C22H22F3N5O3S. The fourth-order valence-corrected chi connectivity index (χ4v) is 4.69. The molecule has 0 bridgehead atoms. The molecule has 0 fully saturated rings. The molecule has 0 radical (unpaired) electrons. The van der Waals surface area contributed by atoms with Crippen molar-refractivity contribution in [1.82, 2.24) is 19.6 Å². The number of thiophene rings is 1. The number of rotatable bonds is 6. The molecule has 0 unspecified atom stereocenters. The average molecular weight is 494 g/mol. The number of ether oxygens (including phenoxy) is 2. The molecule has 0 aliphatic carbocycles. The van der Waals surface area contributed by atoms with E-state index < -0.39 is 17.8 Å². The van der Waals surface area contributed by atoms with Crippen molar-refractivity contribution in [2.75, 3.05) is 19.5 Å². The Hall–Kier alpha value is -3.54. The standard InChI is InChI=1S/C22H22F3N5O3S/c1-11-18(12(2)30(27-11)10-13-6-7-15(32-4)16(8-13)33-5)26-20(31)17-9-14-19(22(23,24)25)28-29(3)21(14)34-17/h6-9H,10H2,1-5H3,(H,26,31). The molecule has 0 spiro atoms. The predicted octanol–water partition coefficient (Wildman–Crippen LogP) is 4.78. The van der Waals surface area contributed by atoms with E-state index in [1.165, 1.54) is 13.1 Å². The molecule has 12 heteroatoms. The highest BCUT2D eigenvalue weighted by Crippen LogP contribution is 2.37. The van der Waals surface area contributed by atoms with Crippen LogP contribution in [0.3, 0.4) is 0 Å². The number of aromatic nitrogens is 4. The molecule has 0 atom stereocenters. The van der Waals surface area contributed by atoms with Gasteiger partial charge in [0.2, 0.25) is 0 Å². The maximum atomic E-state index is 13.3. The lowest BCUT2D eigenvalue weighted by Crippen LogP contribution is -2.12. The Morgan fingerprint density at radius 1 is 1.12 bits per heavy atom. The van der Waals surface area contributed by atoms with Gasteiger partial charge in [0.1, 0.15) is 4.83 Å². The van der Waals surface area contributed by atoms with Crippen molar-refractivity contribution in [3.05, 3.63) is 51.8 Å². The topological polar surface area (TPSA) is 83.2 Å². The highest BCUT2D eigenvalue weighted by Gasteiger charge is 2.37. The first-order chi connectivity index (χ1) is 16.0. The largest absolute Gasteiger partial charge is 0.493 e. The van der Waals surface area contributed by atoms with Gasteiger partial charge in [-0.2, -0.15) is 23.4 Å². The second-order valence-electron chi connectivity index (χ2n) is 7.65. The Morgan fingerprint density at radius 3 is 2.47 bits per heavy atom. The van der Waals surface area contributed by atoms with Crippen molar-refractivity contribution in [1.29, 1.82) is 0 Å². The zero-order valence-corrected chi connectivity index (χ0v) is 19.9. The first kappa shape index (κ1) is 23.6. The number of carbonyl (C=O) groups excluding carboxylic acids is 1. The van der Waals surface area contributed by atoms with Gasteiger partial charge in [-0.1, -0.05) is 6.07 Å². The number of aryl methyl sites for hydroxylation is 2. The maximum absolute atomic E-state index is 13.3. The first-order valence-corrected chi connectivity index (χ1v) is 10.9. The van der Waals surface area contributed by atoms with Crippen LogP contribution in [0.4, 0.5) is 18.9 Å². The van der Waals surface area contributed by atoms with Gasteiger partial charge in [-0.05, 0) is 37.6 Å². The number of hydrogen-bond acceptors (Lipinski definition) is 6. The molecule has 0 aliphatic rings. The summed E-state index contributed by atoms with van der Waals surface area (Å²) in [5, 5.41) is 10.8. The summed E-state index contributed by atoms with van der Waals surface area (Å²) >= 11 is 0.952. The van der Waals surface area contributed by atoms with Crippen LogP contribution < -0.4 is 14.8 Å². The van der Waals surface area contributed by atoms with Crippen molar-refractivity contribution >= 4 is 33.1 Å². The molecule has 0 aliphatic heterocycles. The number of nitrogens with zero attached hydrogens (tertiary/aromatic N) is 4. The van der Waals surface area contributed by atoms with Crippen LogP contribution in [0.5, 0.6) is 11.5 Å². The van der Waals surface area contributed by atoms with Crippen LogP contribution in [-0.4, -0.2) is 39.7 Å². The van der Waals surface area contributed by atoms with Crippen molar-refractivity contribution in [3.63, 3.8) is 0 Å². The van der Waals surface area contributed by atoms with E-state index in [1.54, 1.807) is 31.9 Å². The van der Waals surface area contributed by atoms with Crippen molar-refractivity contribution in [3.8, 4) is 11.5 Å². The summed E-state index contributed by atoms with van der Waals surface area (Å²) in [6, 6.07) is 6.76. The minimum Gasteiger partial charge on any atom is -0.493 e. The minimum atomic E-state index is -4.60. The van der Waals surface area contributed by atoms with Crippen molar-refractivity contribution < 1.29 is 27.4 Å². The number of halogens is 3. The highest BCUT2D eigenvalue weighted by atomic mass is 32.1. The van der Waals surface area contributed by atoms with Gasteiger partial charge in [-0.15, -0.1) is 11.3 Å². The molecule has 1 N–H and O–H groups in total. The number of amides is 1. The van der Waals surface area contributed by atoms with Gasteiger partial charge >= 0.3 is 6.18 Å². The Kier molecular flexibility index (Phi) is 6.02. The van der Waals surface area contributed by atoms with Gasteiger partial charge in [-0.25, -0.2) is 0 Å². The van der Waals surface area contributed by atoms with Gasteiger partial charge in [0.05, 0.1) is 42.7 Å². The summed E-state index contributed by atoms with van der Waals surface area (Å²) in [5.74, 6) is 0.693. The zero-order chi connectivity index (χ0) is 24.8. The molecule has 180 valence electrons. The maximum Gasteiger partial charge on any atom is 0.435 e. The molecule has 4 rings (SSSR count). The van der Waals surface area contributed by atoms with Crippen LogP contribution in [0.1, 0.15) is 32.3 Å². The quantitative estimate of drug-likeness (QED) is 0.418. The normalized spacial score (nSPS) is 11.8. The van der Waals surface area contributed by atoms with E-state index in [4.69, 9.17) is 9.47 Å². The van der Waals surface area contributed by atoms with Crippen LogP contribution in [-0.2, 0) is 19.8 Å². The molecule has 1 aromatic carbocycles. The second-order valence-corrected chi connectivity index (χ2v) is 8.68. The number of anilines is 1. The number of carbonyl (C=O) groups is 1. The smallest absolute Gasteiger partial charge is 0.435 e. The third-order valence-electron chi connectivity index (χ3n) is 5.40. The van der Waals surface area contributed by atoms with Crippen LogP contribution in [0.25, 0.3) is 10.2 Å². The molecule has 0 saturated heterocycles. The molecule has 4 aromatic rings. The summed E-state index contributed by atoms with van der Waals surface area (Å²) in [7, 11) is 4.53. The van der Waals surface area contributed by atoms with E-state index in [1.807, 2.05) is 19.1 Å². The summed E-state index contributed by atoms with van der Waals surface area (Å²) < 4.78 is 53.3. The number of benzene rings is 1. The lowest BCUT2D eigenvalue weighted by atomic mass is 10.2. The Bertz CT molecular complexity index is 1390. The lowest BCUT2D eigenvalue weighted by molar-refractivity contribution is -0.140. The Balaban J connectivity index is 1.59. The van der Waals surface area contributed by atoms with Crippen molar-refractivity contribution in [2.24, 2.45) is 7.05 Å². The predicted molar refractivity (Wildman–Crippen MR) is 122 cm³/mol. The number of alkyl halides is 3. The molecule has 34 heavy (non-hydrogen) atoms. The van der Waals surface area contributed by atoms with Crippen molar-refractivity contribution in [2.45, 2.75) is 26.6 Å². The minimum absolute atomic E-state index is 0.0947. The lowest BCUT2D eigenvalue weighted by Gasteiger charge is -2.11. The van der Waals surface area contributed by atoms with Crippen LogP contribution in [0, 0.1) is 13.8 Å². The highest BCUT2D eigenvalue weighted by molar-refractivity contribution is 7.20.